The first-order chi connectivity index (χ1) is 6.09. The summed E-state index contributed by atoms with van der Waals surface area (Å²) < 4.78 is 0. The lowest BCUT2D eigenvalue weighted by Gasteiger charge is -2.02. The van der Waals surface area contributed by atoms with Crippen molar-refractivity contribution >= 4 is 0 Å². The van der Waals surface area contributed by atoms with Crippen molar-refractivity contribution < 1.29 is 5.11 Å². The van der Waals surface area contributed by atoms with Crippen molar-refractivity contribution in [2.45, 2.75) is 27.2 Å². The molecule has 13 heavy (non-hydrogen) atoms. The maximum Gasteiger partial charge on any atom is 0.119 e. The predicted molar refractivity (Wildman–Crippen MR) is 56.0 cm³/mol. The molecule has 0 amide bonds. The van der Waals surface area contributed by atoms with Gasteiger partial charge in [0.05, 0.1) is 0 Å². The van der Waals surface area contributed by atoms with Gasteiger partial charge in [0, 0.05) is 0 Å². The fourth-order valence-corrected chi connectivity index (χ4v) is 1.16. The van der Waals surface area contributed by atoms with Crippen LogP contribution in [0.25, 0.3) is 0 Å². The second-order valence-corrected chi connectivity index (χ2v) is 3.62. The zero-order chi connectivity index (χ0) is 9.84. The van der Waals surface area contributed by atoms with Crippen LogP contribution in [0.5, 0.6) is 5.75 Å². The third kappa shape index (κ3) is 2.94. The van der Waals surface area contributed by atoms with Gasteiger partial charge in [0.1, 0.15) is 5.75 Å². The lowest BCUT2D eigenvalue weighted by atomic mass is 10.1. The van der Waals surface area contributed by atoms with Crippen molar-refractivity contribution in [1.29, 1.82) is 0 Å². The van der Waals surface area contributed by atoms with Crippen LogP contribution in [0.2, 0.25) is 0 Å². The number of aromatic hydroxyl groups is 1. The minimum Gasteiger partial charge on any atom is -0.508 e. The predicted octanol–water partition coefficient (Wildman–Crippen LogP) is 3.21. The highest BCUT2D eigenvalue weighted by molar-refractivity contribution is 5.37. The van der Waals surface area contributed by atoms with Crippen LogP contribution in [0.4, 0.5) is 0 Å². The van der Waals surface area contributed by atoms with E-state index in [0.717, 1.165) is 17.5 Å². The average Bonchev–Trinajstić information content (AvgIpc) is 2.02. The minimum atomic E-state index is 0.400. The number of hydrogen-bond acceptors (Lipinski definition) is 1. The largest absolute Gasteiger partial charge is 0.508 e. The zero-order valence-corrected chi connectivity index (χ0v) is 8.46. The fourth-order valence-electron chi connectivity index (χ4n) is 1.16. The van der Waals surface area contributed by atoms with E-state index in [1.807, 2.05) is 19.1 Å². The SMILES string of the molecule is CC(C)=CCc1ccc(C)cc1O. The van der Waals surface area contributed by atoms with Crippen LogP contribution in [0.3, 0.4) is 0 Å². The molecular formula is C12H16O. The van der Waals surface area contributed by atoms with Gasteiger partial charge in [-0.05, 0) is 44.4 Å². The van der Waals surface area contributed by atoms with Gasteiger partial charge >= 0.3 is 0 Å². The van der Waals surface area contributed by atoms with E-state index in [1.165, 1.54) is 5.57 Å². The van der Waals surface area contributed by atoms with Crippen molar-refractivity contribution in [2.24, 2.45) is 0 Å². The molecule has 1 rings (SSSR count). The minimum absolute atomic E-state index is 0.400. The van der Waals surface area contributed by atoms with E-state index in [0.29, 0.717) is 5.75 Å². The lowest BCUT2D eigenvalue weighted by Crippen LogP contribution is -1.84. The van der Waals surface area contributed by atoms with E-state index < -0.39 is 0 Å². The Hall–Kier alpha value is -1.24. The summed E-state index contributed by atoms with van der Waals surface area (Å²) in [4.78, 5) is 0. The second-order valence-electron chi connectivity index (χ2n) is 3.62. The van der Waals surface area contributed by atoms with E-state index in [9.17, 15) is 5.11 Å². The molecule has 0 bridgehead atoms. The maximum atomic E-state index is 9.57. The first kappa shape index (κ1) is 9.85. The molecule has 0 aliphatic carbocycles. The quantitative estimate of drug-likeness (QED) is 0.686. The summed E-state index contributed by atoms with van der Waals surface area (Å²) in [6.45, 7) is 6.10. The Morgan fingerprint density at radius 3 is 2.62 bits per heavy atom. The van der Waals surface area contributed by atoms with Crippen molar-refractivity contribution in [1.82, 2.24) is 0 Å². The number of phenolic OH excluding ortho intramolecular Hbond substituents is 1. The van der Waals surface area contributed by atoms with Gasteiger partial charge in [0.15, 0.2) is 0 Å². The molecule has 70 valence electrons. The molecule has 1 aromatic rings. The highest BCUT2D eigenvalue weighted by atomic mass is 16.3. The zero-order valence-electron chi connectivity index (χ0n) is 8.46. The molecule has 0 spiro atoms. The summed E-state index contributed by atoms with van der Waals surface area (Å²) in [5, 5.41) is 9.57. The Balaban J connectivity index is 2.84. The van der Waals surface area contributed by atoms with E-state index in [1.54, 1.807) is 6.07 Å². The molecule has 1 aromatic carbocycles. The molecule has 1 nitrogen and oxygen atoms in total. The van der Waals surface area contributed by atoms with E-state index in [-0.39, 0.29) is 0 Å². The molecule has 0 saturated heterocycles. The summed E-state index contributed by atoms with van der Waals surface area (Å²) in [6, 6.07) is 5.80. The van der Waals surface area contributed by atoms with Gasteiger partial charge in [-0.25, -0.2) is 0 Å². The number of hydrogen-bond donors (Lipinski definition) is 1. The van der Waals surface area contributed by atoms with Crippen molar-refractivity contribution in [3.63, 3.8) is 0 Å². The van der Waals surface area contributed by atoms with Gasteiger partial charge in [-0.15, -0.1) is 0 Å². The molecule has 0 aromatic heterocycles. The van der Waals surface area contributed by atoms with Crippen molar-refractivity contribution in [3.05, 3.63) is 41.0 Å². The molecule has 0 radical (unpaired) electrons. The van der Waals surface area contributed by atoms with Crippen LogP contribution in [0, 0.1) is 6.92 Å². The number of benzene rings is 1. The van der Waals surface area contributed by atoms with Gasteiger partial charge in [0.25, 0.3) is 0 Å². The summed E-state index contributed by atoms with van der Waals surface area (Å²) in [5.74, 6) is 0.400. The van der Waals surface area contributed by atoms with Gasteiger partial charge in [0.2, 0.25) is 0 Å². The Kier molecular flexibility index (Phi) is 3.13. The fraction of sp³-hybridized carbons (Fsp3) is 0.333. The molecule has 0 aliphatic heterocycles. The molecule has 0 aliphatic rings. The second kappa shape index (κ2) is 4.13. The van der Waals surface area contributed by atoms with Gasteiger partial charge in [-0.1, -0.05) is 23.8 Å². The van der Waals surface area contributed by atoms with Crippen LogP contribution in [-0.4, -0.2) is 5.11 Å². The summed E-state index contributed by atoms with van der Waals surface area (Å²) >= 11 is 0. The van der Waals surface area contributed by atoms with E-state index >= 15 is 0 Å². The van der Waals surface area contributed by atoms with E-state index in [4.69, 9.17) is 0 Å². The Labute approximate surface area is 79.7 Å². The Bertz CT molecular complexity index is 320. The standard InChI is InChI=1S/C12H16O/c1-9(2)4-6-11-7-5-10(3)8-12(11)13/h4-5,7-8,13H,6H2,1-3H3. The molecule has 1 heteroatoms. The molecule has 1 N–H and O–H groups in total. The molecular weight excluding hydrogens is 160 g/mol. The number of aryl methyl sites for hydroxylation is 1. The van der Waals surface area contributed by atoms with Gasteiger partial charge in [-0.2, -0.15) is 0 Å². The van der Waals surface area contributed by atoms with E-state index in [2.05, 4.69) is 19.9 Å². The molecule has 0 fully saturated rings. The van der Waals surface area contributed by atoms with Crippen molar-refractivity contribution in [3.8, 4) is 5.75 Å². The molecule has 0 atom stereocenters. The molecule has 0 heterocycles. The first-order valence-corrected chi connectivity index (χ1v) is 4.51. The first-order valence-electron chi connectivity index (χ1n) is 4.51. The van der Waals surface area contributed by atoms with Crippen LogP contribution >= 0.6 is 0 Å². The number of allylic oxidation sites excluding steroid dienone is 2. The monoisotopic (exact) mass is 176 g/mol. The third-order valence-corrected chi connectivity index (χ3v) is 1.97. The third-order valence-electron chi connectivity index (χ3n) is 1.97. The normalized spacial score (nSPS) is 9.77. The maximum absolute atomic E-state index is 9.57. The van der Waals surface area contributed by atoms with Crippen LogP contribution in [0.1, 0.15) is 25.0 Å². The lowest BCUT2D eigenvalue weighted by molar-refractivity contribution is 0.469. The molecule has 0 unspecified atom stereocenters. The molecule has 0 saturated carbocycles. The van der Waals surface area contributed by atoms with Gasteiger partial charge in [-0.3, -0.25) is 0 Å². The highest BCUT2D eigenvalue weighted by Gasteiger charge is 1.98. The Morgan fingerprint density at radius 2 is 2.08 bits per heavy atom. The number of rotatable bonds is 2. The summed E-state index contributed by atoms with van der Waals surface area (Å²) in [5.41, 5.74) is 3.37. The summed E-state index contributed by atoms with van der Waals surface area (Å²) in [6.07, 6.45) is 2.93. The average molecular weight is 176 g/mol. The Morgan fingerprint density at radius 1 is 1.38 bits per heavy atom. The summed E-state index contributed by atoms with van der Waals surface area (Å²) in [7, 11) is 0. The highest BCUT2D eigenvalue weighted by Crippen LogP contribution is 2.19. The number of phenols is 1. The van der Waals surface area contributed by atoms with Crippen LogP contribution in [0.15, 0.2) is 29.8 Å². The topological polar surface area (TPSA) is 20.2 Å². The van der Waals surface area contributed by atoms with Crippen molar-refractivity contribution in [2.75, 3.05) is 0 Å². The van der Waals surface area contributed by atoms with Crippen LogP contribution in [-0.2, 0) is 6.42 Å². The van der Waals surface area contributed by atoms with Gasteiger partial charge < -0.3 is 5.11 Å². The smallest absolute Gasteiger partial charge is 0.119 e. The van der Waals surface area contributed by atoms with Crippen LogP contribution < -0.4 is 0 Å².